The van der Waals surface area contributed by atoms with Crippen LogP contribution in [-0.4, -0.2) is 17.3 Å². The summed E-state index contributed by atoms with van der Waals surface area (Å²) >= 11 is 15.4. The minimum absolute atomic E-state index is 0.0567. The van der Waals surface area contributed by atoms with Crippen molar-refractivity contribution < 1.29 is 4.79 Å². The Morgan fingerprint density at radius 2 is 2.00 bits per heavy atom. The lowest BCUT2D eigenvalue weighted by atomic mass is 9.86. The van der Waals surface area contributed by atoms with Gasteiger partial charge in [0.25, 0.3) is 0 Å². The van der Waals surface area contributed by atoms with Crippen molar-refractivity contribution in [3.05, 3.63) is 33.8 Å². The third kappa shape index (κ3) is 4.37. The van der Waals surface area contributed by atoms with Crippen LogP contribution in [0.25, 0.3) is 0 Å². The lowest BCUT2D eigenvalue weighted by Crippen LogP contribution is -2.43. The Balaban J connectivity index is 1.92. The third-order valence-corrected chi connectivity index (χ3v) is 5.37. The fraction of sp³-hybridized carbons (Fsp3) is 0.533. The van der Waals surface area contributed by atoms with Gasteiger partial charge in [0, 0.05) is 11.4 Å². The van der Waals surface area contributed by atoms with E-state index < -0.39 is 0 Å². The number of amides is 1. The molecule has 0 aliphatic heterocycles. The molecule has 0 bridgehead atoms. The van der Waals surface area contributed by atoms with Gasteiger partial charge >= 0.3 is 0 Å². The summed E-state index contributed by atoms with van der Waals surface area (Å²) in [5.74, 6) is 0.600. The summed E-state index contributed by atoms with van der Waals surface area (Å²) in [4.78, 5) is 12.1. The van der Waals surface area contributed by atoms with Crippen molar-refractivity contribution >= 4 is 45.0 Å². The quantitative estimate of drug-likeness (QED) is 0.761. The van der Waals surface area contributed by atoms with Gasteiger partial charge in [-0.25, -0.2) is 0 Å². The first-order chi connectivity index (χ1) is 9.60. The van der Waals surface area contributed by atoms with Crippen molar-refractivity contribution in [1.82, 2.24) is 5.32 Å². The van der Waals surface area contributed by atoms with Gasteiger partial charge < -0.3 is 5.32 Å². The van der Waals surface area contributed by atoms with Crippen molar-refractivity contribution in [2.24, 2.45) is 5.92 Å². The molecule has 2 atom stereocenters. The molecule has 1 aromatic rings. The Kier molecular flexibility index (Phi) is 6.19. The fourth-order valence-electron chi connectivity index (χ4n) is 2.68. The SMILES string of the molecule is O=C(Cc1ccc(Cl)c(Cl)c1)NC1CCCCC1CBr. The average Bonchev–Trinajstić information content (AvgIpc) is 2.43. The Morgan fingerprint density at radius 1 is 1.25 bits per heavy atom. The topological polar surface area (TPSA) is 29.1 Å². The molecule has 0 radical (unpaired) electrons. The van der Waals surface area contributed by atoms with Crippen LogP contribution in [0.4, 0.5) is 0 Å². The first-order valence-electron chi connectivity index (χ1n) is 6.89. The Hall–Kier alpha value is -0.250. The lowest BCUT2D eigenvalue weighted by molar-refractivity contribution is -0.121. The number of halogens is 3. The van der Waals surface area contributed by atoms with Crippen molar-refractivity contribution in [3.8, 4) is 0 Å². The maximum atomic E-state index is 12.1. The smallest absolute Gasteiger partial charge is 0.224 e. The summed E-state index contributed by atoms with van der Waals surface area (Å²) in [6.45, 7) is 0. The maximum Gasteiger partial charge on any atom is 0.224 e. The van der Waals surface area contributed by atoms with E-state index in [1.54, 1.807) is 12.1 Å². The molecule has 1 aromatic carbocycles. The molecule has 1 amide bonds. The van der Waals surface area contributed by atoms with Crippen LogP contribution in [0.5, 0.6) is 0 Å². The number of benzene rings is 1. The number of hydrogen-bond donors (Lipinski definition) is 1. The third-order valence-electron chi connectivity index (χ3n) is 3.80. The monoisotopic (exact) mass is 377 g/mol. The van der Waals surface area contributed by atoms with Gasteiger partial charge in [0.15, 0.2) is 0 Å². The normalized spacial score (nSPS) is 22.6. The molecule has 1 N–H and O–H groups in total. The number of nitrogens with one attached hydrogen (secondary N) is 1. The first-order valence-corrected chi connectivity index (χ1v) is 8.77. The lowest BCUT2D eigenvalue weighted by Gasteiger charge is -2.31. The fourth-order valence-corrected chi connectivity index (χ4v) is 3.77. The van der Waals surface area contributed by atoms with E-state index in [9.17, 15) is 4.79 Å². The van der Waals surface area contributed by atoms with Crippen LogP contribution in [0, 0.1) is 5.92 Å². The standard InChI is InChI=1S/C15H18BrCl2NO/c16-9-11-3-1-2-4-14(11)19-15(20)8-10-5-6-12(17)13(18)7-10/h5-7,11,14H,1-4,8-9H2,(H,19,20). The van der Waals surface area contributed by atoms with Crippen LogP contribution in [0.2, 0.25) is 10.0 Å². The molecule has 2 rings (SSSR count). The second kappa shape index (κ2) is 7.67. The summed E-state index contributed by atoms with van der Waals surface area (Å²) in [5.41, 5.74) is 0.892. The van der Waals surface area contributed by atoms with Crippen molar-refractivity contribution in [2.75, 3.05) is 5.33 Å². The summed E-state index contributed by atoms with van der Waals surface area (Å²) in [6, 6.07) is 5.62. The van der Waals surface area contributed by atoms with Gasteiger partial charge in [-0.1, -0.05) is 58.0 Å². The second-order valence-corrected chi connectivity index (χ2v) is 6.76. The van der Waals surface area contributed by atoms with Crippen LogP contribution in [0.3, 0.4) is 0 Å². The van der Waals surface area contributed by atoms with E-state index in [1.807, 2.05) is 6.07 Å². The van der Waals surface area contributed by atoms with Gasteiger partial charge in [-0.2, -0.15) is 0 Å². The van der Waals surface area contributed by atoms with E-state index in [0.717, 1.165) is 17.3 Å². The summed E-state index contributed by atoms with van der Waals surface area (Å²) < 4.78 is 0. The number of hydrogen-bond acceptors (Lipinski definition) is 1. The van der Waals surface area contributed by atoms with Crippen LogP contribution < -0.4 is 5.32 Å². The van der Waals surface area contributed by atoms with E-state index in [-0.39, 0.29) is 5.91 Å². The molecule has 2 unspecified atom stereocenters. The number of rotatable bonds is 4. The van der Waals surface area contributed by atoms with Crippen LogP contribution in [0.1, 0.15) is 31.2 Å². The van der Waals surface area contributed by atoms with E-state index >= 15 is 0 Å². The molecule has 1 aliphatic carbocycles. The molecule has 5 heteroatoms. The van der Waals surface area contributed by atoms with E-state index in [0.29, 0.717) is 28.4 Å². The molecule has 0 spiro atoms. The molecule has 1 fully saturated rings. The molecule has 1 aliphatic rings. The van der Waals surface area contributed by atoms with Crippen LogP contribution in [-0.2, 0) is 11.2 Å². The number of alkyl halides is 1. The summed E-state index contributed by atoms with van der Waals surface area (Å²) in [5, 5.41) is 5.12. The molecule has 110 valence electrons. The predicted octanol–water partition coefficient (Wildman–Crippen LogP) is 4.61. The molecule has 0 heterocycles. The maximum absolute atomic E-state index is 12.1. The number of carbonyl (C=O) groups is 1. The van der Waals surface area contributed by atoms with Gasteiger partial charge in [-0.3, -0.25) is 4.79 Å². The zero-order valence-corrected chi connectivity index (χ0v) is 14.3. The van der Waals surface area contributed by atoms with Gasteiger partial charge in [0.2, 0.25) is 5.91 Å². The molecule has 1 saturated carbocycles. The molecular weight excluding hydrogens is 361 g/mol. The second-order valence-electron chi connectivity index (χ2n) is 5.30. The molecule has 0 saturated heterocycles. The Morgan fingerprint density at radius 3 is 2.70 bits per heavy atom. The molecule has 20 heavy (non-hydrogen) atoms. The van der Waals surface area contributed by atoms with Crippen LogP contribution >= 0.6 is 39.1 Å². The Bertz CT molecular complexity index is 481. The van der Waals surface area contributed by atoms with Crippen LogP contribution in [0.15, 0.2) is 18.2 Å². The van der Waals surface area contributed by atoms with Crippen molar-refractivity contribution in [3.63, 3.8) is 0 Å². The van der Waals surface area contributed by atoms with Gasteiger partial charge in [-0.15, -0.1) is 0 Å². The van der Waals surface area contributed by atoms with E-state index in [4.69, 9.17) is 23.2 Å². The highest BCUT2D eigenvalue weighted by atomic mass is 79.9. The minimum Gasteiger partial charge on any atom is -0.353 e. The highest BCUT2D eigenvalue weighted by Gasteiger charge is 2.25. The van der Waals surface area contributed by atoms with Gasteiger partial charge in [0.05, 0.1) is 16.5 Å². The minimum atomic E-state index is 0.0567. The van der Waals surface area contributed by atoms with Crippen molar-refractivity contribution in [2.45, 2.75) is 38.1 Å². The predicted molar refractivity (Wildman–Crippen MR) is 87.8 cm³/mol. The summed E-state index contributed by atoms with van der Waals surface area (Å²) in [6.07, 6.45) is 5.06. The van der Waals surface area contributed by atoms with Crippen molar-refractivity contribution in [1.29, 1.82) is 0 Å². The van der Waals surface area contributed by atoms with E-state index in [1.165, 1.54) is 19.3 Å². The largest absolute Gasteiger partial charge is 0.353 e. The zero-order valence-electron chi connectivity index (χ0n) is 11.2. The van der Waals surface area contributed by atoms with E-state index in [2.05, 4.69) is 21.2 Å². The Labute approximate surface area is 138 Å². The average molecular weight is 379 g/mol. The first kappa shape index (κ1) is 16.1. The summed E-state index contributed by atoms with van der Waals surface area (Å²) in [7, 11) is 0. The highest BCUT2D eigenvalue weighted by Crippen LogP contribution is 2.26. The molecular formula is C15H18BrCl2NO. The zero-order chi connectivity index (χ0) is 14.5. The van der Waals surface area contributed by atoms with Gasteiger partial charge in [-0.05, 0) is 36.5 Å². The highest BCUT2D eigenvalue weighted by molar-refractivity contribution is 9.09. The molecule has 0 aromatic heterocycles. The molecule has 2 nitrogen and oxygen atoms in total. The van der Waals surface area contributed by atoms with Gasteiger partial charge in [0.1, 0.15) is 0 Å². The number of carbonyl (C=O) groups excluding carboxylic acids is 1.